The molecule has 0 unspecified atom stereocenters. The quantitative estimate of drug-likeness (QED) is 0.890. The number of nitrogens with zero attached hydrogens (tertiary/aromatic N) is 2. The SMILES string of the molecule is CN1CCCN(c2ccc(NC(=O)CCc3cccc(F)c3)cc2)C1=O. The van der Waals surface area contributed by atoms with Gasteiger partial charge in [0.05, 0.1) is 0 Å². The Bertz CT molecular complexity index is 792. The molecule has 1 heterocycles. The van der Waals surface area contributed by atoms with E-state index in [1.807, 2.05) is 12.1 Å². The van der Waals surface area contributed by atoms with Crippen molar-refractivity contribution in [1.29, 1.82) is 0 Å². The lowest BCUT2D eigenvalue weighted by Gasteiger charge is -2.33. The van der Waals surface area contributed by atoms with Gasteiger partial charge in [0.15, 0.2) is 0 Å². The van der Waals surface area contributed by atoms with Crippen LogP contribution in [0, 0.1) is 5.82 Å². The van der Waals surface area contributed by atoms with Gasteiger partial charge in [0.2, 0.25) is 5.91 Å². The van der Waals surface area contributed by atoms with Gasteiger partial charge in [0.1, 0.15) is 5.82 Å². The minimum absolute atomic E-state index is 0.0110. The van der Waals surface area contributed by atoms with Gasteiger partial charge >= 0.3 is 6.03 Å². The maximum absolute atomic E-state index is 13.2. The van der Waals surface area contributed by atoms with Crippen LogP contribution in [0.2, 0.25) is 0 Å². The molecule has 3 rings (SSSR count). The maximum Gasteiger partial charge on any atom is 0.324 e. The molecule has 0 aromatic heterocycles. The molecular formula is C20H22FN3O2. The largest absolute Gasteiger partial charge is 0.327 e. The van der Waals surface area contributed by atoms with Crippen molar-refractivity contribution >= 4 is 23.3 Å². The molecule has 6 heteroatoms. The van der Waals surface area contributed by atoms with Crippen molar-refractivity contribution in [3.63, 3.8) is 0 Å². The van der Waals surface area contributed by atoms with Crippen molar-refractivity contribution in [2.45, 2.75) is 19.3 Å². The zero-order valence-corrected chi connectivity index (χ0v) is 14.7. The summed E-state index contributed by atoms with van der Waals surface area (Å²) in [6.45, 7) is 1.47. The summed E-state index contributed by atoms with van der Waals surface area (Å²) in [5.41, 5.74) is 2.29. The smallest absolute Gasteiger partial charge is 0.324 e. The Kier molecular flexibility index (Phi) is 5.51. The van der Waals surface area contributed by atoms with Crippen LogP contribution in [0.25, 0.3) is 0 Å². The van der Waals surface area contributed by atoms with E-state index in [-0.39, 0.29) is 24.2 Å². The molecule has 1 saturated heterocycles. The predicted octanol–water partition coefficient (Wildman–Crippen LogP) is 3.66. The fraction of sp³-hybridized carbons (Fsp3) is 0.300. The van der Waals surface area contributed by atoms with Gasteiger partial charge in [-0.2, -0.15) is 0 Å². The lowest BCUT2D eigenvalue weighted by molar-refractivity contribution is -0.116. The van der Waals surface area contributed by atoms with Crippen molar-refractivity contribution in [3.05, 3.63) is 59.9 Å². The Balaban J connectivity index is 1.55. The fourth-order valence-corrected chi connectivity index (χ4v) is 3.00. The molecule has 0 atom stereocenters. The van der Waals surface area contributed by atoms with Crippen LogP contribution in [-0.4, -0.2) is 37.0 Å². The number of carbonyl (C=O) groups is 2. The van der Waals surface area contributed by atoms with Gasteiger partial charge in [-0.15, -0.1) is 0 Å². The van der Waals surface area contributed by atoms with Crippen molar-refractivity contribution in [2.24, 2.45) is 0 Å². The summed E-state index contributed by atoms with van der Waals surface area (Å²) >= 11 is 0. The number of anilines is 2. The summed E-state index contributed by atoms with van der Waals surface area (Å²) in [5.74, 6) is -0.424. The average molecular weight is 355 g/mol. The number of carbonyl (C=O) groups excluding carboxylic acids is 2. The van der Waals surface area contributed by atoms with E-state index in [0.717, 1.165) is 24.2 Å². The van der Waals surface area contributed by atoms with Crippen LogP contribution >= 0.6 is 0 Å². The normalized spacial score (nSPS) is 14.5. The highest BCUT2D eigenvalue weighted by molar-refractivity contribution is 5.94. The molecular weight excluding hydrogens is 333 g/mol. The molecule has 2 aromatic carbocycles. The summed E-state index contributed by atoms with van der Waals surface area (Å²) in [5, 5.41) is 2.83. The minimum Gasteiger partial charge on any atom is -0.327 e. The number of rotatable bonds is 5. The van der Waals surface area contributed by atoms with E-state index < -0.39 is 0 Å². The predicted molar refractivity (Wildman–Crippen MR) is 99.8 cm³/mol. The summed E-state index contributed by atoms with van der Waals surface area (Å²) in [6, 6.07) is 13.5. The fourth-order valence-electron chi connectivity index (χ4n) is 3.00. The van der Waals surface area contributed by atoms with Crippen LogP contribution in [0.4, 0.5) is 20.6 Å². The molecule has 26 heavy (non-hydrogen) atoms. The van der Waals surface area contributed by atoms with Crippen molar-refractivity contribution in [2.75, 3.05) is 30.4 Å². The van der Waals surface area contributed by atoms with Crippen LogP contribution in [0.15, 0.2) is 48.5 Å². The third-order valence-corrected chi connectivity index (χ3v) is 4.43. The van der Waals surface area contributed by atoms with E-state index in [9.17, 15) is 14.0 Å². The van der Waals surface area contributed by atoms with E-state index in [1.165, 1.54) is 12.1 Å². The zero-order valence-electron chi connectivity index (χ0n) is 14.7. The zero-order chi connectivity index (χ0) is 18.5. The van der Waals surface area contributed by atoms with Gasteiger partial charge in [-0.1, -0.05) is 12.1 Å². The van der Waals surface area contributed by atoms with E-state index in [4.69, 9.17) is 0 Å². The first-order chi connectivity index (χ1) is 12.5. The summed E-state index contributed by atoms with van der Waals surface area (Å²) in [6.07, 6.45) is 1.69. The summed E-state index contributed by atoms with van der Waals surface area (Å²) < 4.78 is 13.2. The van der Waals surface area contributed by atoms with Crippen molar-refractivity contribution < 1.29 is 14.0 Å². The van der Waals surface area contributed by atoms with Crippen molar-refractivity contribution in [3.8, 4) is 0 Å². The lowest BCUT2D eigenvalue weighted by atomic mass is 10.1. The Morgan fingerprint density at radius 2 is 1.92 bits per heavy atom. The van der Waals surface area contributed by atoms with E-state index in [0.29, 0.717) is 18.7 Å². The number of amides is 3. The third-order valence-electron chi connectivity index (χ3n) is 4.43. The van der Waals surface area contributed by atoms with Crippen LogP contribution in [0.3, 0.4) is 0 Å². The van der Waals surface area contributed by atoms with Gasteiger partial charge in [0.25, 0.3) is 0 Å². The molecule has 1 aliphatic rings. The molecule has 1 aliphatic heterocycles. The monoisotopic (exact) mass is 355 g/mol. The number of aryl methyl sites for hydroxylation is 1. The van der Waals surface area contributed by atoms with Gasteiger partial charge < -0.3 is 10.2 Å². The van der Waals surface area contributed by atoms with E-state index >= 15 is 0 Å². The van der Waals surface area contributed by atoms with Gasteiger partial charge in [-0.3, -0.25) is 9.69 Å². The standard InChI is InChI=1S/C20H22FN3O2/c1-23-12-3-13-24(20(23)26)18-9-7-17(8-10-18)22-19(25)11-6-15-4-2-5-16(21)14-15/h2,4-5,7-10,14H,3,6,11-13H2,1H3,(H,22,25). The maximum atomic E-state index is 13.2. The lowest BCUT2D eigenvalue weighted by Crippen LogP contribution is -2.47. The molecule has 1 fully saturated rings. The van der Waals surface area contributed by atoms with E-state index in [1.54, 1.807) is 41.1 Å². The number of halogens is 1. The van der Waals surface area contributed by atoms with Gasteiger partial charge in [0, 0.05) is 37.9 Å². The second-order valence-electron chi connectivity index (χ2n) is 6.43. The Morgan fingerprint density at radius 3 is 2.65 bits per heavy atom. The number of urea groups is 1. The molecule has 0 spiro atoms. The topological polar surface area (TPSA) is 52.6 Å². The molecule has 0 saturated carbocycles. The van der Waals surface area contributed by atoms with Gasteiger partial charge in [-0.05, 0) is 54.8 Å². The van der Waals surface area contributed by atoms with Crippen LogP contribution in [0.1, 0.15) is 18.4 Å². The number of benzene rings is 2. The Labute approximate surface area is 152 Å². The molecule has 0 aliphatic carbocycles. The van der Waals surface area contributed by atoms with Gasteiger partial charge in [-0.25, -0.2) is 9.18 Å². The highest BCUT2D eigenvalue weighted by atomic mass is 19.1. The number of nitrogens with one attached hydrogen (secondary N) is 1. The highest BCUT2D eigenvalue weighted by Crippen LogP contribution is 2.22. The Hall–Kier alpha value is -2.89. The third kappa shape index (κ3) is 4.39. The molecule has 136 valence electrons. The molecule has 0 bridgehead atoms. The first kappa shape index (κ1) is 17.9. The molecule has 1 N–H and O–H groups in total. The minimum atomic E-state index is -0.295. The second-order valence-corrected chi connectivity index (χ2v) is 6.43. The first-order valence-corrected chi connectivity index (χ1v) is 8.70. The molecule has 5 nitrogen and oxygen atoms in total. The average Bonchev–Trinajstić information content (AvgIpc) is 2.63. The summed E-state index contributed by atoms with van der Waals surface area (Å²) in [4.78, 5) is 27.7. The first-order valence-electron chi connectivity index (χ1n) is 8.70. The molecule has 2 aromatic rings. The highest BCUT2D eigenvalue weighted by Gasteiger charge is 2.23. The Morgan fingerprint density at radius 1 is 1.15 bits per heavy atom. The number of hydrogen-bond acceptors (Lipinski definition) is 2. The van der Waals surface area contributed by atoms with Crippen LogP contribution in [-0.2, 0) is 11.2 Å². The van der Waals surface area contributed by atoms with Crippen molar-refractivity contribution in [1.82, 2.24) is 4.90 Å². The summed E-state index contributed by atoms with van der Waals surface area (Å²) in [7, 11) is 1.79. The second kappa shape index (κ2) is 7.99. The van der Waals surface area contributed by atoms with Crippen LogP contribution in [0.5, 0.6) is 0 Å². The molecule has 0 radical (unpaired) electrons. The number of hydrogen-bond donors (Lipinski definition) is 1. The van der Waals surface area contributed by atoms with E-state index in [2.05, 4.69) is 5.32 Å². The van der Waals surface area contributed by atoms with Crippen LogP contribution < -0.4 is 10.2 Å². The molecule has 3 amide bonds.